The van der Waals surface area contributed by atoms with Crippen molar-refractivity contribution in [3.8, 4) is 5.69 Å². The number of rotatable bonds is 4. The highest BCUT2D eigenvalue weighted by molar-refractivity contribution is 8.03. The summed E-state index contributed by atoms with van der Waals surface area (Å²) in [6, 6.07) is 7.33. The fourth-order valence-corrected chi connectivity index (χ4v) is 5.29. The molecule has 0 amide bonds. The molecule has 1 aromatic carbocycles. The van der Waals surface area contributed by atoms with Crippen LogP contribution in [-0.4, -0.2) is 38.8 Å². The van der Waals surface area contributed by atoms with Gasteiger partial charge in [0, 0.05) is 46.4 Å². The highest BCUT2D eigenvalue weighted by Crippen LogP contribution is 2.23. The van der Waals surface area contributed by atoms with Crippen molar-refractivity contribution in [2.45, 2.75) is 25.9 Å². The third kappa shape index (κ3) is 4.11. The van der Waals surface area contributed by atoms with Crippen molar-refractivity contribution >= 4 is 23.5 Å². The van der Waals surface area contributed by atoms with Crippen LogP contribution in [0, 0.1) is 12.7 Å². The van der Waals surface area contributed by atoms with E-state index in [4.69, 9.17) is 0 Å². The van der Waals surface area contributed by atoms with Gasteiger partial charge in [0.25, 0.3) is 0 Å². The molecule has 3 rings (SSSR count). The summed E-state index contributed by atoms with van der Waals surface area (Å²) in [5.41, 5.74) is 3.00. The first-order valence-corrected chi connectivity index (χ1v) is 10.2. The van der Waals surface area contributed by atoms with Gasteiger partial charge in [-0.1, -0.05) is 6.07 Å². The van der Waals surface area contributed by atoms with Crippen molar-refractivity contribution in [3.05, 3.63) is 47.5 Å². The third-order valence-electron chi connectivity index (χ3n) is 4.06. The van der Waals surface area contributed by atoms with E-state index in [2.05, 4.69) is 17.3 Å². The van der Waals surface area contributed by atoms with E-state index in [1.807, 2.05) is 47.4 Å². The van der Waals surface area contributed by atoms with Gasteiger partial charge in [-0.05, 0) is 32.0 Å². The summed E-state index contributed by atoms with van der Waals surface area (Å²) < 4.78 is 15.3. The molecule has 0 radical (unpaired) electrons. The lowest BCUT2D eigenvalue weighted by Crippen LogP contribution is -2.35. The van der Waals surface area contributed by atoms with Crippen LogP contribution in [0.5, 0.6) is 0 Å². The molecule has 0 aliphatic carbocycles. The summed E-state index contributed by atoms with van der Waals surface area (Å²) in [5, 5.41) is 8.18. The molecule has 1 atom stereocenters. The van der Waals surface area contributed by atoms with Crippen molar-refractivity contribution in [2.75, 3.05) is 23.0 Å². The Balaban J connectivity index is 1.75. The number of nitrogens with zero attached hydrogens (tertiary/aromatic N) is 2. The second kappa shape index (κ2) is 7.73. The largest absolute Gasteiger partial charge is 0.306 e. The van der Waals surface area contributed by atoms with Gasteiger partial charge in [0.1, 0.15) is 5.82 Å². The minimum atomic E-state index is -0.238. The van der Waals surface area contributed by atoms with Crippen LogP contribution in [0.3, 0.4) is 0 Å². The molecular formula is C17H22FN3S2. The van der Waals surface area contributed by atoms with E-state index in [1.54, 1.807) is 6.07 Å². The quantitative estimate of drug-likeness (QED) is 0.907. The normalized spacial score (nSPS) is 17.9. The summed E-state index contributed by atoms with van der Waals surface area (Å²) in [7, 11) is 0. The van der Waals surface area contributed by atoms with Crippen molar-refractivity contribution < 1.29 is 4.39 Å². The van der Waals surface area contributed by atoms with Gasteiger partial charge in [-0.15, -0.1) is 0 Å². The minimum absolute atomic E-state index is 0.238. The van der Waals surface area contributed by atoms with E-state index < -0.39 is 0 Å². The molecule has 1 saturated heterocycles. The molecule has 1 unspecified atom stereocenters. The van der Waals surface area contributed by atoms with E-state index in [0.717, 1.165) is 22.9 Å². The standard InChI is InChI=1S/C17H22FN3S2/c1-12(20-15-10-22-6-7-23-11-15)17-9-19-21(13(17)2)16-5-3-4-14(18)8-16/h3-5,8-9,12,15,20H,6-7,10-11H2,1-2H3. The lowest BCUT2D eigenvalue weighted by atomic mass is 10.1. The van der Waals surface area contributed by atoms with Gasteiger partial charge in [-0.3, -0.25) is 0 Å². The lowest BCUT2D eigenvalue weighted by Gasteiger charge is -2.21. The van der Waals surface area contributed by atoms with Crippen molar-refractivity contribution in [1.82, 2.24) is 15.1 Å². The first kappa shape index (κ1) is 16.9. The number of nitrogens with one attached hydrogen (secondary N) is 1. The second-order valence-corrected chi connectivity index (χ2v) is 8.11. The number of thioether (sulfide) groups is 2. The number of benzene rings is 1. The Bertz CT molecular complexity index is 651. The van der Waals surface area contributed by atoms with Crippen LogP contribution in [0.15, 0.2) is 30.5 Å². The molecule has 124 valence electrons. The Morgan fingerprint density at radius 2 is 2.04 bits per heavy atom. The van der Waals surface area contributed by atoms with Crippen molar-refractivity contribution in [2.24, 2.45) is 0 Å². The number of hydrogen-bond donors (Lipinski definition) is 1. The maximum atomic E-state index is 13.4. The summed E-state index contributed by atoms with van der Waals surface area (Å²) in [5.74, 6) is 4.57. The first-order valence-electron chi connectivity index (χ1n) is 7.87. The Morgan fingerprint density at radius 3 is 2.74 bits per heavy atom. The van der Waals surface area contributed by atoms with Crippen LogP contribution < -0.4 is 5.32 Å². The summed E-state index contributed by atoms with van der Waals surface area (Å²) in [6.45, 7) is 4.22. The zero-order chi connectivity index (χ0) is 16.2. The minimum Gasteiger partial charge on any atom is -0.306 e. The van der Waals surface area contributed by atoms with Crippen LogP contribution in [0.1, 0.15) is 24.2 Å². The Labute approximate surface area is 145 Å². The van der Waals surface area contributed by atoms with E-state index in [-0.39, 0.29) is 11.9 Å². The van der Waals surface area contributed by atoms with Gasteiger partial charge in [0.15, 0.2) is 0 Å². The van der Waals surface area contributed by atoms with Crippen LogP contribution in [0.4, 0.5) is 4.39 Å². The molecule has 0 saturated carbocycles. The van der Waals surface area contributed by atoms with E-state index in [9.17, 15) is 4.39 Å². The maximum absolute atomic E-state index is 13.4. The van der Waals surface area contributed by atoms with E-state index in [0.29, 0.717) is 6.04 Å². The van der Waals surface area contributed by atoms with Gasteiger partial charge >= 0.3 is 0 Å². The predicted octanol–water partition coefficient (Wildman–Crippen LogP) is 3.82. The third-order valence-corrected chi connectivity index (χ3v) is 6.58. The average molecular weight is 352 g/mol. The predicted molar refractivity (Wildman–Crippen MR) is 98.2 cm³/mol. The van der Waals surface area contributed by atoms with Gasteiger partial charge in [-0.2, -0.15) is 28.6 Å². The first-order chi connectivity index (χ1) is 11.1. The molecule has 1 aromatic heterocycles. The maximum Gasteiger partial charge on any atom is 0.125 e. The molecule has 0 bridgehead atoms. The lowest BCUT2D eigenvalue weighted by molar-refractivity contribution is 0.515. The van der Waals surface area contributed by atoms with Crippen LogP contribution in [-0.2, 0) is 0 Å². The Hall–Kier alpha value is -0.980. The van der Waals surface area contributed by atoms with Gasteiger partial charge < -0.3 is 5.32 Å². The van der Waals surface area contributed by atoms with Crippen LogP contribution >= 0.6 is 23.5 Å². The molecular weight excluding hydrogens is 329 g/mol. The van der Waals surface area contributed by atoms with E-state index >= 15 is 0 Å². The zero-order valence-corrected chi connectivity index (χ0v) is 15.1. The molecule has 2 aromatic rings. The smallest absolute Gasteiger partial charge is 0.125 e. The highest BCUT2D eigenvalue weighted by atomic mass is 32.2. The fraction of sp³-hybridized carbons (Fsp3) is 0.471. The number of aromatic nitrogens is 2. The Kier molecular flexibility index (Phi) is 5.67. The van der Waals surface area contributed by atoms with Crippen LogP contribution in [0.2, 0.25) is 0 Å². The summed E-state index contributed by atoms with van der Waals surface area (Å²) in [6.07, 6.45) is 1.90. The fourth-order valence-electron chi connectivity index (χ4n) is 2.87. The molecule has 0 spiro atoms. The number of hydrogen-bond acceptors (Lipinski definition) is 4. The summed E-state index contributed by atoms with van der Waals surface area (Å²) >= 11 is 4.05. The molecule has 3 nitrogen and oxygen atoms in total. The van der Waals surface area contributed by atoms with Crippen LogP contribution in [0.25, 0.3) is 5.69 Å². The van der Waals surface area contributed by atoms with Crippen molar-refractivity contribution in [1.29, 1.82) is 0 Å². The van der Waals surface area contributed by atoms with Gasteiger partial charge in [-0.25, -0.2) is 9.07 Å². The Morgan fingerprint density at radius 1 is 1.30 bits per heavy atom. The topological polar surface area (TPSA) is 29.9 Å². The van der Waals surface area contributed by atoms with Crippen molar-refractivity contribution in [3.63, 3.8) is 0 Å². The molecule has 2 heterocycles. The average Bonchev–Trinajstić information content (AvgIpc) is 2.74. The highest BCUT2D eigenvalue weighted by Gasteiger charge is 2.19. The summed E-state index contributed by atoms with van der Waals surface area (Å²) in [4.78, 5) is 0. The van der Waals surface area contributed by atoms with E-state index in [1.165, 1.54) is 29.2 Å². The molecule has 1 fully saturated rings. The SMILES string of the molecule is Cc1c(C(C)NC2CSCCSC2)cnn1-c1cccc(F)c1. The molecule has 23 heavy (non-hydrogen) atoms. The van der Waals surface area contributed by atoms with Gasteiger partial charge in [0.2, 0.25) is 0 Å². The monoisotopic (exact) mass is 351 g/mol. The molecule has 1 aliphatic rings. The number of halogens is 1. The van der Waals surface area contributed by atoms with Gasteiger partial charge in [0.05, 0.1) is 11.9 Å². The molecule has 1 aliphatic heterocycles. The zero-order valence-electron chi connectivity index (χ0n) is 13.5. The molecule has 1 N–H and O–H groups in total. The molecule has 6 heteroatoms. The second-order valence-electron chi connectivity index (χ2n) is 5.81.